The van der Waals surface area contributed by atoms with Crippen molar-refractivity contribution < 1.29 is 0 Å². The minimum Gasteiger partial charge on any atom is -0.319 e. The fourth-order valence-electron chi connectivity index (χ4n) is 1.26. The van der Waals surface area contributed by atoms with E-state index in [-0.39, 0.29) is 0 Å². The monoisotopic (exact) mass is 169 g/mol. The Balaban J connectivity index is 3.31. The minimum absolute atomic E-state index is 0.899. The summed E-state index contributed by atoms with van der Waals surface area (Å²) < 4.78 is 0. The molecule has 0 aromatic heterocycles. The predicted octanol–water partition coefficient (Wildman–Crippen LogP) is 2.98. The Morgan fingerprint density at radius 3 is 2.33 bits per heavy atom. The molecular formula is C11H23N. The molecule has 72 valence electrons. The van der Waals surface area contributed by atoms with E-state index in [4.69, 9.17) is 0 Å². The van der Waals surface area contributed by atoms with Crippen molar-refractivity contribution >= 4 is 0 Å². The van der Waals surface area contributed by atoms with Crippen LogP contribution in [0.5, 0.6) is 0 Å². The quantitative estimate of drug-likeness (QED) is 0.456. The van der Waals surface area contributed by atoms with Gasteiger partial charge in [-0.3, -0.25) is 0 Å². The van der Waals surface area contributed by atoms with Gasteiger partial charge < -0.3 is 5.32 Å². The van der Waals surface area contributed by atoms with Crippen LogP contribution in [0.1, 0.15) is 39.5 Å². The number of hydrogen-bond donors (Lipinski definition) is 1. The van der Waals surface area contributed by atoms with Gasteiger partial charge in [-0.1, -0.05) is 38.8 Å². The lowest BCUT2D eigenvalue weighted by atomic mass is 9.99. The lowest BCUT2D eigenvalue weighted by Crippen LogP contribution is -2.05. The van der Waals surface area contributed by atoms with Crippen molar-refractivity contribution in [2.24, 2.45) is 5.92 Å². The normalized spacial score (nSPS) is 11.7. The average molecular weight is 169 g/mol. The first-order chi connectivity index (χ1) is 5.85. The molecule has 0 atom stereocenters. The second-order valence-corrected chi connectivity index (χ2v) is 3.28. The molecule has 0 aliphatic carbocycles. The van der Waals surface area contributed by atoms with Gasteiger partial charge in [0.05, 0.1) is 0 Å². The molecule has 0 bridgehead atoms. The lowest BCUT2D eigenvalue weighted by molar-refractivity contribution is 0.499. The summed E-state index contributed by atoms with van der Waals surface area (Å²) in [5.41, 5.74) is 0. The molecule has 0 rings (SSSR count). The molecular weight excluding hydrogens is 146 g/mol. The summed E-state index contributed by atoms with van der Waals surface area (Å²) in [6, 6.07) is 0. The second-order valence-electron chi connectivity index (χ2n) is 3.28. The molecule has 0 aromatic rings. The van der Waals surface area contributed by atoms with Crippen molar-refractivity contribution in [3.63, 3.8) is 0 Å². The third kappa shape index (κ3) is 6.41. The molecule has 1 nitrogen and oxygen atoms in total. The van der Waals surface area contributed by atoms with Gasteiger partial charge in [-0.2, -0.15) is 0 Å². The van der Waals surface area contributed by atoms with Gasteiger partial charge in [-0.15, -0.1) is 0 Å². The molecule has 0 amide bonds. The minimum atomic E-state index is 0.899. The van der Waals surface area contributed by atoms with Gasteiger partial charge in [0.15, 0.2) is 0 Å². The highest BCUT2D eigenvalue weighted by molar-refractivity contribution is 4.83. The molecule has 0 unspecified atom stereocenters. The number of allylic oxidation sites excluding steroid dienone is 1. The first-order valence-electron chi connectivity index (χ1n) is 5.14. The Morgan fingerprint density at radius 2 is 1.83 bits per heavy atom. The Hall–Kier alpha value is -0.300. The van der Waals surface area contributed by atoms with Gasteiger partial charge in [0.1, 0.15) is 0 Å². The van der Waals surface area contributed by atoms with E-state index in [2.05, 4.69) is 31.3 Å². The lowest BCUT2D eigenvalue weighted by Gasteiger charge is -2.07. The van der Waals surface area contributed by atoms with Crippen LogP contribution >= 0.6 is 0 Å². The Labute approximate surface area is 77.2 Å². The highest BCUT2D eigenvalue weighted by atomic mass is 14.8. The topological polar surface area (TPSA) is 12.0 Å². The molecule has 0 aromatic carbocycles. The fraction of sp³-hybridized carbons (Fsp3) is 0.818. The maximum absolute atomic E-state index is 3.13. The van der Waals surface area contributed by atoms with E-state index in [0.29, 0.717) is 0 Å². The molecule has 0 saturated heterocycles. The first kappa shape index (κ1) is 11.7. The Morgan fingerprint density at radius 1 is 1.17 bits per heavy atom. The van der Waals surface area contributed by atoms with Gasteiger partial charge >= 0.3 is 0 Å². The molecule has 0 fully saturated rings. The molecule has 1 N–H and O–H groups in total. The summed E-state index contributed by atoms with van der Waals surface area (Å²) in [4.78, 5) is 0. The second kappa shape index (κ2) is 8.79. The van der Waals surface area contributed by atoms with Crippen molar-refractivity contribution in [3.8, 4) is 0 Å². The van der Waals surface area contributed by atoms with Gasteiger partial charge in [-0.05, 0) is 32.4 Å². The summed E-state index contributed by atoms with van der Waals surface area (Å²) in [7, 11) is 1.99. The summed E-state index contributed by atoms with van der Waals surface area (Å²) in [6.45, 7) is 5.64. The number of nitrogens with one attached hydrogen (secondary N) is 1. The van der Waals surface area contributed by atoms with Crippen LogP contribution < -0.4 is 5.32 Å². The van der Waals surface area contributed by atoms with Crippen molar-refractivity contribution in [2.45, 2.75) is 39.5 Å². The Bertz CT molecular complexity index is 104. The fourth-order valence-corrected chi connectivity index (χ4v) is 1.26. The smallest absolute Gasteiger partial charge is 0.00173 e. The van der Waals surface area contributed by atoms with Crippen LogP contribution in [-0.4, -0.2) is 13.6 Å². The molecule has 0 spiro atoms. The van der Waals surface area contributed by atoms with E-state index < -0.39 is 0 Å². The van der Waals surface area contributed by atoms with Crippen molar-refractivity contribution in [2.75, 3.05) is 13.6 Å². The zero-order valence-electron chi connectivity index (χ0n) is 8.77. The van der Waals surface area contributed by atoms with Crippen LogP contribution in [-0.2, 0) is 0 Å². The maximum atomic E-state index is 3.13. The molecule has 0 aliphatic heterocycles. The number of rotatable bonds is 7. The van der Waals surface area contributed by atoms with Crippen molar-refractivity contribution in [3.05, 3.63) is 12.2 Å². The van der Waals surface area contributed by atoms with Crippen LogP contribution in [0.15, 0.2) is 12.2 Å². The van der Waals surface area contributed by atoms with E-state index in [9.17, 15) is 0 Å². The standard InChI is InChI=1S/C11H23N/c1-4-11(5-2)9-7-6-8-10-12-3/h6-7,11-12H,4-5,8-10H2,1-3H3/b7-6+. The van der Waals surface area contributed by atoms with Gasteiger partial charge in [0.2, 0.25) is 0 Å². The Kier molecular flexibility index (Phi) is 8.57. The zero-order valence-corrected chi connectivity index (χ0v) is 8.77. The zero-order chi connectivity index (χ0) is 9.23. The third-order valence-corrected chi connectivity index (χ3v) is 2.35. The van der Waals surface area contributed by atoms with Crippen molar-refractivity contribution in [1.29, 1.82) is 0 Å². The van der Waals surface area contributed by atoms with Gasteiger partial charge in [0.25, 0.3) is 0 Å². The largest absolute Gasteiger partial charge is 0.319 e. The van der Waals surface area contributed by atoms with E-state index in [0.717, 1.165) is 18.9 Å². The summed E-state index contributed by atoms with van der Waals surface area (Å²) in [6.07, 6.45) is 9.66. The molecule has 0 heterocycles. The highest BCUT2D eigenvalue weighted by Crippen LogP contribution is 2.12. The van der Waals surface area contributed by atoms with Gasteiger partial charge in [-0.25, -0.2) is 0 Å². The summed E-state index contributed by atoms with van der Waals surface area (Å²) in [5, 5.41) is 3.13. The van der Waals surface area contributed by atoms with E-state index in [1.54, 1.807) is 0 Å². The van der Waals surface area contributed by atoms with Crippen LogP contribution in [0.4, 0.5) is 0 Å². The first-order valence-corrected chi connectivity index (χ1v) is 5.14. The van der Waals surface area contributed by atoms with E-state index >= 15 is 0 Å². The number of hydrogen-bond acceptors (Lipinski definition) is 1. The molecule has 0 radical (unpaired) electrons. The SMILES string of the molecule is CCC(CC)C/C=C/CCNC. The van der Waals surface area contributed by atoms with Crippen LogP contribution in [0, 0.1) is 5.92 Å². The van der Waals surface area contributed by atoms with Crippen LogP contribution in [0.2, 0.25) is 0 Å². The molecule has 0 aliphatic rings. The third-order valence-electron chi connectivity index (χ3n) is 2.35. The van der Waals surface area contributed by atoms with Gasteiger partial charge in [0, 0.05) is 0 Å². The summed E-state index contributed by atoms with van der Waals surface area (Å²) >= 11 is 0. The molecule has 0 saturated carbocycles. The van der Waals surface area contributed by atoms with Crippen LogP contribution in [0.3, 0.4) is 0 Å². The molecule has 12 heavy (non-hydrogen) atoms. The average Bonchev–Trinajstić information content (AvgIpc) is 2.11. The highest BCUT2D eigenvalue weighted by Gasteiger charge is 1.98. The maximum Gasteiger partial charge on any atom is -0.00173 e. The van der Waals surface area contributed by atoms with Crippen LogP contribution in [0.25, 0.3) is 0 Å². The summed E-state index contributed by atoms with van der Waals surface area (Å²) in [5.74, 6) is 0.899. The van der Waals surface area contributed by atoms with E-state index in [1.165, 1.54) is 19.3 Å². The van der Waals surface area contributed by atoms with E-state index in [1.807, 2.05) is 7.05 Å². The predicted molar refractivity (Wildman–Crippen MR) is 56.4 cm³/mol. The molecule has 1 heteroatoms. The van der Waals surface area contributed by atoms with Crippen molar-refractivity contribution in [1.82, 2.24) is 5.32 Å².